The first kappa shape index (κ1) is 15.7. The lowest BCUT2D eigenvalue weighted by Gasteiger charge is -2.24. The Balaban J connectivity index is 2.64. The van der Waals surface area contributed by atoms with Crippen molar-refractivity contribution in [2.24, 2.45) is 5.41 Å². The van der Waals surface area contributed by atoms with Gasteiger partial charge in [-0.2, -0.15) is 0 Å². The molecule has 1 aromatic rings. The van der Waals surface area contributed by atoms with Crippen LogP contribution in [0.5, 0.6) is 0 Å². The fourth-order valence-electron chi connectivity index (χ4n) is 2.11. The number of carbonyl (C=O) groups excluding carboxylic acids is 1. The minimum Gasteiger partial charge on any atom is -0.396 e. The molecular weight excluding hydrogens is 244 g/mol. The molecule has 1 amide bonds. The van der Waals surface area contributed by atoms with Crippen LogP contribution in [0.2, 0.25) is 0 Å². The molecule has 1 rings (SSSR count). The van der Waals surface area contributed by atoms with Gasteiger partial charge in [-0.25, -0.2) is 0 Å². The smallest absolute Gasteiger partial charge is 0.227 e. The molecular formula is C14H24N2O3. The minimum absolute atomic E-state index is 0.0413. The van der Waals surface area contributed by atoms with Crippen LogP contribution in [0.3, 0.4) is 0 Å². The van der Waals surface area contributed by atoms with Crippen molar-refractivity contribution in [3.63, 3.8) is 0 Å². The number of aryl methyl sites for hydroxylation is 2. The van der Waals surface area contributed by atoms with Gasteiger partial charge in [0.15, 0.2) is 0 Å². The second-order valence-corrected chi connectivity index (χ2v) is 5.82. The molecule has 0 aliphatic rings. The van der Waals surface area contributed by atoms with Crippen molar-refractivity contribution >= 4 is 5.91 Å². The molecule has 0 aliphatic carbocycles. The van der Waals surface area contributed by atoms with E-state index in [1.54, 1.807) is 0 Å². The van der Waals surface area contributed by atoms with Crippen molar-refractivity contribution in [1.29, 1.82) is 0 Å². The number of carbonyl (C=O) groups is 1. The average Bonchev–Trinajstić information content (AvgIpc) is 2.65. The fraction of sp³-hybridized carbons (Fsp3) is 0.714. The van der Waals surface area contributed by atoms with Crippen molar-refractivity contribution in [2.75, 3.05) is 13.2 Å². The van der Waals surface area contributed by atoms with Crippen LogP contribution in [0.25, 0.3) is 0 Å². The lowest BCUT2D eigenvalue weighted by Crippen LogP contribution is -2.36. The fourth-order valence-corrected chi connectivity index (χ4v) is 2.11. The molecule has 108 valence electrons. The zero-order valence-corrected chi connectivity index (χ0v) is 12.4. The Morgan fingerprint density at radius 2 is 2.11 bits per heavy atom. The quantitative estimate of drug-likeness (QED) is 0.826. The number of hydrogen-bond acceptors (Lipinski definition) is 4. The number of nitrogens with one attached hydrogen (secondary N) is 1. The Labute approximate surface area is 114 Å². The molecule has 1 unspecified atom stereocenters. The van der Waals surface area contributed by atoms with Gasteiger partial charge in [0.1, 0.15) is 5.76 Å². The third-order valence-corrected chi connectivity index (χ3v) is 3.44. The van der Waals surface area contributed by atoms with Crippen LogP contribution in [0, 0.1) is 19.3 Å². The molecule has 0 aromatic carbocycles. The molecule has 5 heteroatoms. The highest BCUT2D eigenvalue weighted by atomic mass is 16.5. The van der Waals surface area contributed by atoms with E-state index in [0.717, 1.165) is 11.3 Å². The van der Waals surface area contributed by atoms with Crippen molar-refractivity contribution in [2.45, 2.75) is 47.0 Å². The molecule has 1 heterocycles. The summed E-state index contributed by atoms with van der Waals surface area (Å²) in [6, 6.07) is 0. The predicted molar refractivity (Wildman–Crippen MR) is 72.9 cm³/mol. The van der Waals surface area contributed by atoms with Gasteiger partial charge in [-0.05, 0) is 32.6 Å². The summed E-state index contributed by atoms with van der Waals surface area (Å²) in [7, 11) is 0. The highest BCUT2D eigenvalue weighted by molar-refractivity contribution is 5.83. The van der Waals surface area contributed by atoms with Gasteiger partial charge < -0.3 is 14.9 Å². The van der Waals surface area contributed by atoms with E-state index in [0.29, 0.717) is 18.7 Å². The summed E-state index contributed by atoms with van der Waals surface area (Å²) < 4.78 is 5.09. The molecule has 0 fully saturated rings. The zero-order chi connectivity index (χ0) is 14.6. The predicted octanol–water partition coefficient (Wildman–Crippen LogP) is 1.92. The van der Waals surface area contributed by atoms with Gasteiger partial charge >= 0.3 is 0 Å². The molecule has 19 heavy (non-hydrogen) atoms. The number of aliphatic hydroxyl groups excluding tert-OH is 1. The molecule has 0 spiro atoms. The van der Waals surface area contributed by atoms with E-state index in [4.69, 9.17) is 9.63 Å². The Hall–Kier alpha value is -1.36. The number of amides is 1. The van der Waals surface area contributed by atoms with Crippen LogP contribution >= 0.6 is 0 Å². The highest BCUT2D eigenvalue weighted by Crippen LogP contribution is 2.24. The maximum absolute atomic E-state index is 12.2. The minimum atomic E-state index is -0.281. The maximum Gasteiger partial charge on any atom is 0.227 e. The summed E-state index contributed by atoms with van der Waals surface area (Å²) in [5.41, 5.74) is 1.51. The molecule has 0 radical (unpaired) electrons. The van der Waals surface area contributed by atoms with E-state index in [1.165, 1.54) is 0 Å². The topological polar surface area (TPSA) is 75.4 Å². The number of rotatable bonds is 6. The first-order valence-corrected chi connectivity index (χ1v) is 6.60. The third-order valence-electron chi connectivity index (χ3n) is 3.44. The van der Waals surface area contributed by atoms with Gasteiger partial charge in [-0.15, -0.1) is 0 Å². The molecule has 0 saturated carbocycles. The third kappa shape index (κ3) is 4.06. The largest absolute Gasteiger partial charge is 0.396 e. The van der Waals surface area contributed by atoms with Crippen LogP contribution in [-0.4, -0.2) is 29.3 Å². The standard InChI is InChI=1S/C14H24N2O3/c1-9(12-10(2)16-19-11(12)3)13(18)15-8-14(4,5)6-7-17/h9,17H,6-8H2,1-5H3,(H,15,18). The second-order valence-electron chi connectivity index (χ2n) is 5.82. The van der Waals surface area contributed by atoms with Gasteiger partial charge in [0.25, 0.3) is 0 Å². The Bertz CT molecular complexity index is 418. The average molecular weight is 268 g/mol. The number of hydrogen-bond donors (Lipinski definition) is 2. The summed E-state index contributed by atoms with van der Waals surface area (Å²) in [5, 5.41) is 15.8. The van der Waals surface area contributed by atoms with E-state index < -0.39 is 0 Å². The Kier molecular flexibility index (Phi) is 5.11. The molecule has 2 N–H and O–H groups in total. The zero-order valence-electron chi connectivity index (χ0n) is 12.4. The summed E-state index contributed by atoms with van der Waals surface area (Å²) in [4.78, 5) is 12.2. The van der Waals surface area contributed by atoms with Gasteiger partial charge in [0.2, 0.25) is 5.91 Å². The summed E-state index contributed by atoms with van der Waals surface area (Å²) >= 11 is 0. The molecule has 0 aliphatic heterocycles. The maximum atomic E-state index is 12.2. The first-order valence-electron chi connectivity index (χ1n) is 6.60. The Morgan fingerprint density at radius 3 is 2.58 bits per heavy atom. The highest BCUT2D eigenvalue weighted by Gasteiger charge is 2.25. The van der Waals surface area contributed by atoms with E-state index in [9.17, 15) is 4.79 Å². The molecule has 1 atom stereocenters. The van der Waals surface area contributed by atoms with E-state index in [2.05, 4.69) is 10.5 Å². The van der Waals surface area contributed by atoms with Crippen molar-refractivity contribution < 1.29 is 14.4 Å². The van der Waals surface area contributed by atoms with Crippen molar-refractivity contribution in [1.82, 2.24) is 10.5 Å². The van der Waals surface area contributed by atoms with Crippen LogP contribution in [0.15, 0.2) is 4.52 Å². The summed E-state index contributed by atoms with van der Waals surface area (Å²) in [6.07, 6.45) is 0.660. The second kappa shape index (κ2) is 6.19. The van der Waals surface area contributed by atoms with Crippen molar-refractivity contribution in [3.05, 3.63) is 17.0 Å². The van der Waals surface area contributed by atoms with Crippen LogP contribution in [0.1, 0.15) is 50.1 Å². The monoisotopic (exact) mass is 268 g/mol. The molecule has 0 bridgehead atoms. The van der Waals surface area contributed by atoms with E-state index in [1.807, 2.05) is 34.6 Å². The lowest BCUT2D eigenvalue weighted by atomic mass is 9.89. The van der Waals surface area contributed by atoms with Crippen LogP contribution in [-0.2, 0) is 4.79 Å². The molecule has 1 aromatic heterocycles. The summed E-state index contributed by atoms with van der Waals surface area (Å²) in [5.74, 6) is 0.367. The molecule has 5 nitrogen and oxygen atoms in total. The van der Waals surface area contributed by atoms with Gasteiger partial charge in [0, 0.05) is 18.7 Å². The van der Waals surface area contributed by atoms with E-state index in [-0.39, 0.29) is 23.8 Å². The number of nitrogens with zero attached hydrogens (tertiary/aromatic N) is 1. The van der Waals surface area contributed by atoms with Crippen LogP contribution < -0.4 is 5.32 Å². The SMILES string of the molecule is Cc1noc(C)c1C(C)C(=O)NCC(C)(C)CCO. The summed E-state index contributed by atoms with van der Waals surface area (Å²) in [6.45, 7) is 10.2. The molecule has 0 saturated heterocycles. The first-order chi connectivity index (χ1) is 8.78. The lowest BCUT2D eigenvalue weighted by molar-refractivity contribution is -0.122. The van der Waals surface area contributed by atoms with Crippen molar-refractivity contribution in [3.8, 4) is 0 Å². The number of aromatic nitrogens is 1. The Morgan fingerprint density at radius 1 is 1.47 bits per heavy atom. The number of aliphatic hydroxyl groups is 1. The van der Waals surface area contributed by atoms with Crippen LogP contribution in [0.4, 0.5) is 0 Å². The van der Waals surface area contributed by atoms with Gasteiger partial charge in [-0.3, -0.25) is 4.79 Å². The van der Waals surface area contributed by atoms with Gasteiger partial charge in [-0.1, -0.05) is 19.0 Å². The van der Waals surface area contributed by atoms with Gasteiger partial charge in [0.05, 0.1) is 11.6 Å². The van der Waals surface area contributed by atoms with E-state index >= 15 is 0 Å². The normalized spacial score (nSPS) is 13.4.